The highest BCUT2D eigenvalue weighted by atomic mass is 19.4. The summed E-state index contributed by atoms with van der Waals surface area (Å²) in [6, 6.07) is 0. The van der Waals surface area contributed by atoms with Crippen molar-refractivity contribution in [1.82, 2.24) is 4.90 Å². The van der Waals surface area contributed by atoms with Gasteiger partial charge in [-0.3, -0.25) is 4.90 Å². The largest absolute Gasteiger partial charge is 0.415 e. The van der Waals surface area contributed by atoms with Gasteiger partial charge in [0.05, 0.1) is 12.3 Å². The summed E-state index contributed by atoms with van der Waals surface area (Å²) in [6.07, 6.45) is -4.31. The molecular formula is C13H21F3N2O3. The van der Waals surface area contributed by atoms with Crippen LogP contribution in [0.4, 0.5) is 13.2 Å². The summed E-state index contributed by atoms with van der Waals surface area (Å²) in [5.74, 6) is 0.503. The standard InChI is InChI=1S/C13H21F3N2O3/c1-20-5-4-18(8-12(19)13(14,15)16)7-10-6-11(17-21-10)9-2-3-9/h9-10,12,19H,2-8H2,1H3. The molecule has 21 heavy (non-hydrogen) atoms. The summed E-state index contributed by atoms with van der Waals surface area (Å²) < 4.78 is 42.3. The maximum Gasteiger partial charge on any atom is 0.415 e. The molecule has 0 bridgehead atoms. The summed E-state index contributed by atoms with van der Waals surface area (Å²) in [4.78, 5) is 6.80. The van der Waals surface area contributed by atoms with Crippen LogP contribution in [0, 0.1) is 5.92 Å². The highest BCUT2D eigenvalue weighted by Gasteiger charge is 2.40. The third kappa shape index (κ3) is 5.12. The molecule has 1 N–H and O–H groups in total. The molecular weight excluding hydrogens is 289 g/mol. The average molecular weight is 310 g/mol. The topological polar surface area (TPSA) is 54.3 Å². The van der Waals surface area contributed by atoms with Crippen LogP contribution in [0.3, 0.4) is 0 Å². The number of alkyl halides is 3. The average Bonchev–Trinajstić information content (AvgIpc) is 3.15. The molecule has 0 aromatic carbocycles. The van der Waals surface area contributed by atoms with Gasteiger partial charge in [-0.1, -0.05) is 5.16 Å². The number of hydrogen-bond acceptors (Lipinski definition) is 5. The van der Waals surface area contributed by atoms with E-state index in [1.54, 1.807) is 0 Å². The quantitative estimate of drug-likeness (QED) is 0.736. The maximum atomic E-state index is 12.5. The molecule has 1 saturated carbocycles. The summed E-state index contributed by atoms with van der Waals surface area (Å²) >= 11 is 0. The Hall–Kier alpha value is -0.860. The van der Waals surface area contributed by atoms with Crippen LogP contribution < -0.4 is 0 Å². The molecule has 2 aliphatic rings. The third-order valence-electron chi connectivity index (χ3n) is 3.69. The Labute approximate surface area is 121 Å². The first-order valence-electron chi connectivity index (χ1n) is 7.08. The normalized spacial score (nSPS) is 24.1. The van der Waals surface area contributed by atoms with Crippen LogP contribution in [0.25, 0.3) is 0 Å². The van der Waals surface area contributed by atoms with Gasteiger partial charge in [0.15, 0.2) is 6.10 Å². The minimum absolute atomic E-state index is 0.238. The Balaban J connectivity index is 1.81. The van der Waals surface area contributed by atoms with Crippen LogP contribution in [0.2, 0.25) is 0 Å². The number of nitrogens with zero attached hydrogens (tertiary/aromatic N) is 2. The Kier molecular flexibility index (Phi) is 5.45. The van der Waals surface area contributed by atoms with Crippen molar-refractivity contribution in [2.45, 2.75) is 37.6 Å². The van der Waals surface area contributed by atoms with Gasteiger partial charge in [0, 0.05) is 39.1 Å². The van der Waals surface area contributed by atoms with E-state index in [4.69, 9.17) is 9.57 Å². The van der Waals surface area contributed by atoms with Gasteiger partial charge in [-0.15, -0.1) is 0 Å². The molecule has 1 heterocycles. The van der Waals surface area contributed by atoms with Crippen LogP contribution in [-0.4, -0.2) is 67.5 Å². The van der Waals surface area contributed by atoms with Gasteiger partial charge in [0.25, 0.3) is 0 Å². The highest BCUT2D eigenvalue weighted by molar-refractivity contribution is 5.89. The molecule has 0 spiro atoms. The molecule has 0 radical (unpaired) electrons. The summed E-state index contributed by atoms with van der Waals surface area (Å²) in [5, 5.41) is 13.2. The molecule has 0 aromatic heterocycles. The van der Waals surface area contributed by atoms with Crippen LogP contribution in [0.5, 0.6) is 0 Å². The number of oxime groups is 1. The van der Waals surface area contributed by atoms with E-state index in [9.17, 15) is 18.3 Å². The lowest BCUT2D eigenvalue weighted by Gasteiger charge is -2.27. The first kappa shape index (κ1) is 16.5. The second-order valence-corrected chi connectivity index (χ2v) is 5.60. The minimum Gasteiger partial charge on any atom is -0.391 e. The van der Waals surface area contributed by atoms with Crippen molar-refractivity contribution in [3.63, 3.8) is 0 Å². The van der Waals surface area contributed by atoms with Gasteiger partial charge in [-0.25, -0.2) is 0 Å². The van der Waals surface area contributed by atoms with Crippen molar-refractivity contribution < 1.29 is 27.9 Å². The lowest BCUT2D eigenvalue weighted by Crippen LogP contribution is -2.45. The number of ether oxygens (including phenoxy) is 1. The van der Waals surface area contributed by atoms with Crippen molar-refractivity contribution in [3.05, 3.63) is 0 Å². The fraction of sp³-hybridized carbons (Fsp3) is 0.923. The number of hydrogen-bond donors (Lipinski definition) is 1. The molecule has 8 heteroatoms. The Morgan fingerprint density at radius 1 is 1.48 bits per heavy atom. The SMILES string of the molecule is COCCN(CC1CC(C2CC2)=NO1)CC(O)C(F)(F)F. The molecule has 1 aliphatic heterocycles. The van der Waals surface area contributed by atoms with E-state index in [1.807, 2.05) is 0 Å². The van der Waals surface area contributed by atoms with Crippen LogP contribution in [0.1, 0.15) is 19.3 Å². The second kappa shape index (κ2) is 6.93. The van der Waals surface area contributed by atoms with Crippen molar-refractivity contribution in [1.29, 1.82) is 0 Å². The van der Waals surface area contributed by atoms with E-state index in [0.29, 0.717) is 32.0 Å². The van der Waals surface area contributed by atoms with Gasteiger partial charge in [-0.05, 0) is 12.8 Å². The lowest BCUT2D eigenvalue weighted by atomic mass is 10.1. The van der Waals surface area contributed by atoms with Gasteiger partial charge >= 0.3 is 6.18 Å². The zero-order chi connectivity index (χ0) is 15.5. The number of halogens is 3. The summed E-state index contributed by atoms with van der Waals surface area (Å²) in [5.41, 5.74) is 1.02. The van der Waals surface area contributed by atoms with Crippen molar-refractivity contribution >= 4 is 5.71 Å². The predicted molar refractivity (Wildman–Crippen MR) is 70.0 cm³/mol. The number of aliphatic hydroxyl groups excluding tert-OH is 1. The zero-order valence-corrected chi connectivity index (χ0v) is 12.0. The number of methoxy groups -OCH3 is 1. The molecule has 0 saturated heterocycles. The fourth-order valence-electron chi connectivity index (χ4n) is 2.32. The molecule has 0 aromatic rings. The van der Waals surface area contributed by atoms with E-state index in [2.05, 4.69) is 5.16 Å². The highest BCUT2D eigenvalue weighted by Crippen LogP contribution is 2.35. The Morgan fingerprint density at radius 2 is 2.19 bits per heavy atom. The Bertz CT molecular complexity index is 372. The molecule has 1 aliphatic carbocycles. The van der Waals surface area contributed by atoms with Crippen molar-refractivity contribution in [3.8, 4) is 0 Å². The van der Waals surface area contributed by atoms with Gasteiger partial charge in [0.1, 0.15) is 6.10 Å². The molecule has 5 nitrogen and oxygen atoms in total. The van der Waals surface area contributed by atoms with E-state index in [1.165, 1.54) is 12.0 Å². The van der Waals surface area contributed by atoms with Crippen molar-refractivity contribution in [2.24, 2.45) is 11.1 Å². The molecule has 122 valence electrons. The first-order valence-corrected chi connectivity index (χ1v) is 7.08. The fourth-order valence-corrected chi connectivity index (χ4v) is 2.32. The van der Waals surface area contributed by atoms with Crippen LogP contribution in [0.15, 0.2) is 5.16 Å². The molecule has 1 fully saturated rings. The number of rotatable bonds is 8. The molecule has 0 amide bonds. The van der Waals surface area contributed by atoms with Crippen molar-refractivity contribution in [2.75, 3.05) is 33.4 Å². The molecule has 2 unspecified atom stereocenters. The smallest absolute Gasteiger partial charge is 0.391 e. The number of aliphatic hydroxyl groups is 1. The maximum absolute atomic E-state index is 12.5. The van der Waals surface area contributed by atoms with Gasteiger partial charge in [-0.2, -0.15) is 13.2 Å². The lowest BCUT2D eigenvalue weighted by molar-refractivity contribution is -0.209. The summed E-state index contributed by atoms with van der Waals surface area (Å²) in [7, 11) is 1.48. The monoisotopic (exact) mass is 310 g/mol. The van der Waals surface area contributed by atoms with Crippen LogP contribution in [-0.2, 0) is 9.57 Å². The predicted octanol–water partition coefficient (Wildman–Crippen LogP) is 1.41. The summed E-state index contributed by atoms with van der Waals surface area (Å²) in [6.45, 7) is 0.428. The third-order valence-corrected chi connectivity index (χ3v) is 3.69. The molecule has 2 rings (SSSR count). The van der Waals surface area contributed by atoms with Gasteiger partial charge < -0.3 is 14.7 Å². The first-order chi connectivity index (χ1) is 9.90. The van der Waals surface area contributed by atoms with E-state index in [0.717, 1.165) is 18.6 Å². The molecule has 2 atom stereocenters. The Morgan fingerprint density at radius 3 is 2.76 bits per heavy atom. The van der Waals surface area contributed by atoms with E-state index >= 15 is 0 Å². The zero-order valence-electron chi connectivity index (χ0n) is 12.0. The van der Waals surface area contributed by atoms with E-state index < -0.39 is 18.8 Å². The van der Waals surface area contributed by atoms with Crippen LogP contribution >= 0.6 is 0 Å². The minimum atomic E-state index is -4.61. The van der Waals surface area contributed by atoms with E-state index in [-0.39, 0.29) is 6.10 Å². The van der Waals surface area contributed by atoms with Gasteiger partial charge in [0.2, 0.25) is 0 Å². The second-order valence-electron chi connectivity index (χ2n) is 5.60.